The molecule has 0 radical (unpaired) electrons. The zero-order valence-corrected chi connectivity index (χ0v) is 15.4. The lowest BCUT2D eigenvalue weighted by atomic mass is 10.2. The maximum atomic E-state index is 4.82. The van der Waals surface area contributed by atoms with E-state index in [-0.39, 0.29) is 0 Å². The Morgan fingerprint density at radius 2 is 1.89 bits per heavy atom. The van der Waals surface area contributed by atoms with Crippen LogP contribution in [0.25, 0.3) is 22.3 Å². The monoisotopic (exact) mass is 375 g/mol. The topological polar surface area (TPSA) is 82.3 Å². The predicted octanol–water partition coefficient (Wildman–Crippen LogP) is 3.94. The van der Waals surface area contributed by atoms with Crippen molar-refractivity contribution in [3.05, 3.63) is 48.8 Å². The lowest BCUT2D eigenvalue weighted by molar-refractivity contribution is 0.423. The molecule has 0 spiro atoms. The molecule has 1 fully saturated rings. The van der Waals surface area contributed by atoms with Gasteiger partial charge in [0.1, 0.15) is 5.03 Å². The second kappa shape index (κ2) is 7.03. The molecule has 1 aliphatic rings. The molecular formula is C19H17N7S. The standard InChI is InChI=1S/C19H17N7S/c1-2-8-14(7-1)26-19(23-24-25-26)27-18-15-9-3-4-10-16(15)21-17(22-18)13-6-5-11-20-12-13/h3-6,9-12,14H,1-2,7-8H2. The van der Waals surface area contributed by atoms with Crippen LogP contribution in [0.5, 0.6) is 0 Å². The quantitative estimate of drug-likeness (QED) is 0.500. The van der Waals surface area contributed by atoms with Gasteiger partial charge in [-0.25, -0.2) is 14.6 Å². The minimum absolute atomic E-state index is 0.383. The zero-order chi connectivity index (χ0) is 18.1. The first-order valence-electron chi connectivity index (χ1n) is 9.01. The van der Waals surface area contributed by atoms with E-state index in [1.165, 1.54) is 24.6 Å². The van der Waals surface area contributed by atoms with E-state index in [1.807, 2.05) is 41.1 Å². The second-order valence-electron chi connectivity index (χ2n) is 6.56. The van der Waals surface area contributed by atoms with Crippen molar-refractivity contribution in [1.29, 1.82) is 0 Å². The molecule has 3 aromatic heterocycles. The van der Waals surface area contributed by atoms with Crippen LogP contribution < -0.4 is 0 Å². The summed E-state index contributed by atoms with van der Waals surface area (Å²) in [5.41, 5.74) is 1.79. The molecule has 4 aromatic rings. The van der Waals surface area contributed by atoms with Gasteiger partial charge in [0, 0.05) is 23.3 Å². The molecule has 1 saturated carbocycles. The summed E-state index contributed by atoms with van der Waals surface area (Å²) in [6, 6.07) is 12.3. The fraction of sp³-hybridized carbons (Fsp3) is 0.263. The number of nitrogens with zero attached hydrogens (tertiary/aromatic N) is 7. The maximum Gasteiger partial charge on any atom is 0.215 e. The number of pyridine rings is 1. The first-order chi connectivity index (χ1) is 13.4. The summed E-state index contributed by atoms with van der Waals surface area (Å²) < 4.78 is 1.96. The van der Waals surface area contributed by atoms with Crippen molar-refractivity contribution in [3.63, 3.8) is 0 Å². The van der Waals surface area contributed by atoms with Gasteiger partial charge in [0.15, 0.2) is 5.82 Å². The third kappa shape index (κ3) is 3.16. The second-order valence-corrected chi connectivity index (χ2v) is 7.51. The van der Waals surface area contributed by atoms with Gasteiger partial charge in [-0.3, -0.25) is 4.98 Å². The van der Waals surface area contributed by atoms with Crippen LogP contribution in [0.1, 0.15) is 31.7 Å². The van der Waals surface area contributed by atoms with Crippen LogP contribution in [0.2, 0.25) is 0 Å². The number of benzene rings is 1. The van der Waals surface area contributed by atoms with Crippen LogP contribution >= 0.6 is 11.8 Å². The maximum absolute atomic E-state index is 4.82. The van der Waals surface area contributed by atoms with Crippen LogP contribution in [0.3, 0.4) is 0 Å². The van der Waals surface area contributed by atoms with Crippen molar-refractivity contribution in [2.45, 2.75) is 41.9 Å². The number of fused-ring (bicyclic) bond motifs is 1. The number of aromatic nitrogens is 7. The SMILES string of the molecule is c1cncc(-c2nc(Sc3nnnn3C3CCCC3)c3ccccc3n2)c1. The minimum Gasteiger partial charge on any atom is -0.264 e. The van der Waals surface area contributed by atoms with E-state index in [2.05, 4.69) is 20.5 Å². The Bertz CT molecular complexity index is 1070. The van der Waals surface area contributed by atoms with Gasteiger partial charge in [-0.05, 0) is 53.2 Å². The van der Waals surface area contributed by atoms with Crippen molar-refractivity contribution in [2.24, 2.45) is 0 Å². The number of tetrazole rings is 1. The van der Waals surface area contributed by atoms with Crippen LogP contribution in [0.4, 0.5) is 0 Å². The van der Waals surface area contributed by atoms with Gasteiger partial charge in [-0.1, -0.05) is 31.0 Å². The molecule has 0 N–H and O–H groups in total. The first-order valence-corrected chi connectivity index (χ1v) is 9.83. The molecule has 27 heavy (non-hydrogen) atoms. The average Bonchev–Trinajstić information content (AvgIpc) is 3.40. The number of hydrogen-bond donors (Lipinski definition) is 0. The highest BCUT2D eigenvalue weighted by Crippen LogP contribution is 2.36. The predicted molar refractivity (Wildman–Crippen MR) is 102 cm³/mol. The Labute approximate surface area is 160 Å². The van der Waals surface area contributed by atoms with E-state index in [0.29, 0.717) is 11.9 Å². The number of para-hydroxylation sites is 1. The lowest BCUT2D eigenvalue weighted by Crippen LogP contribution is -2.08. The summed E-state index contributed by atoms with van der Waals surface area (Å²) in [4.78, 5) is 13.7. The lowest BCUT2D eigenvalue weighted by Gasteiger charge is -2.12. The summed E-state index contributed by atoms with van der Waals surface area (Å²) in [5.74, 6) is 0.657. The Balaban J connectivity index is 1.59. The average molecular weight is 375 g/mol. The van der Waals surface area contributed by atoms with Crippen molar-refractivity contribution < 1.29 is 0 Å². The molecule has 0 atom stereocenters. The van der Waals surface area contributed by atoms with Crippen LogP contribution in [0.15, 0.2) is 59.0 Å². The van der Waals surface area contributed by atoms with Gasteiger partial charge < -0.3 is 0 Å². The number of hydrogen-bond acceptors (Lipinski definition) is 7. The molecule has 5 rings (SSSR count). The highest BCUT2D eigenvalue weighted by molar-refractivity contribution is 7.99. The van der Waals surface area contributed by atoms with E-state index in [0.717, 1.165) is 39.5 Å². The van der Waals surface area contributed by atoms with E-state index in [1.54, 1.807) is 12.4 Å². The van der Waals surface area contributed by atoms with E-state index < -0.39 is 0 Å². The Morgan fingerprint density at radius 3 is 2.74 bits per heavy atom. The molecule has 1 aromatic carbocycles. The zero-order valence-electron chi connectivity index (χ0n) is 14.6. The van der Waals surface area contributed by atoms with Crippen molar-refractivity contribution >= 4 is 22.7 Å². The van der Waals surface area contributed by atoms with Crippen LogP contribution in [-0.2, 0) is 0 Å². The van der Waals surface area contributed by atoms with Gasteiger partial charge in [0.2, 0.25) is 5.16 Å². The summed E-state index contributed by atoms with van der Waals surface area (Å²) in [6.45, 7) is 0. The fourth-order valence-electron chi connectivity index (χ4n) is 3.47. The molecule has 134 valence electrons. The molecule has 3 heterocycles. The molecule has 0 aliphatic heterocycles. The molecule has 0 bridgehead atoms. The van der Waals surface area contributed by atoms with Crippen molar-refractivity contribution in [1.82, 2.24) is 35.2 Å². The Morgan fingerprint density at radius 1 is 1.00 bits per heavy atom. The number of rotatable bonds is 4. The van der Waals surface area contributed by atoms with Gasteiger partial charge in [0.05, 0.1) is 11.6 Å². The molecule has 0 unspecified atom stereocenters. The first kappa shape index (κ1) is 16.3. The van der Waals surface area contributed by atoms with E-state index in [9.17, 15) is 0 Å². The Hall–Kier alpha value is -2.87. The van der Waals surface area contributed by atoms with Gasteiger partial charge in [-0.15, -0.1) is 5.10 Å². The van der Waals surface area contributed by atoms with Gasteiger partial charge in [-0.2, -0.15) is 0 Å². The molecule has 1 aliphatic carbocycles. The smallest absolute Gasteiger partial charge is 0.215 e. The highest BCUT2D eigenvalue weighted by Gasteiger charge is 2.23. The molecule has 0 amide bonds. The summed E-state index contributed by atoms with van der Waals surface area (Å²) in [5, 5.41) is 15.0. The largest absolute Gasteiger partial charge is 0.264 e. The van der Waals surface area contributed by atoms with Crippen molar-refractivity contribution in [3.8, 4) is 11.4 Å². The molecular weight excluding hydrogens is 358 g/mol. The van der Waals surface area contributed by atoms with E-state index >= 15 is 0 Å². The third-order valence-corrected chi connectivity index (χ3v) is 5.76. The molecule has 8 heteroatoms. The van der Waals surface area contributed by atoms with Crippen molar-refractivity contribution in [2.75, 3.05) is 0 Å². The normalized spacial score (nSPS) is 14.8. The third-order valence-electron chi connectivity index (χ3n) is 4.81. The van der Waals surface area contributed by atoms with Gasteiger partial charge >= 0.3 is 0 Å². The Kier molecular flexibility index (Phi) is 4.25. The molecule has 0 saturated heterocycles. The van der Waals surface area contributed by atoms with Crippen LogP contribution in [0, 0.1) is 0 Å². The summed E-state index contributed by atoms with van der Waals surface area (Å²) >= 11 is 1.50. The molecule has 7 nitrogen and oxygen atoms in total. The van der Waals surface area contributed by atoms with E-state index in [4.69, 9.17) is 9.97 Å². The van der Waals surface area contributed by atoms with Crippen LogP contribution in [-0.4, -0.2) is 35.2 Å². The highest BCUT2D eigenvalue weighted by atomic mass is 32.2. The fourth-order valence-corrected chi connectivity index (χ4v) is 4.41. The van der Waals surface area contributed by atoms with Gasteiger partial charge in [0.25, 0.3) is 0 Å². The summed E-state index contributed by atoms with van der Waals surface area (Å²) in [7, 11) is 0. The minimum atomic E-state index is 0.383. The summed E-state index contributed by atoms with van der Waals surface area (Å²) in [6.07, 6.45) is 8.25.